The maximum Gasteiger partial charge on any atom is 0.339 e. The SMILES string of the molecule is COc1ccc(/C=C2\SC(=O)N(CC(=O)N3CCCCC3)C2=O)cc1OS(=O)(=O)c1ccc(Cl)cc1. The molecule has 2 aliphatic heterocycles. The molecule has 2 heterocycles. The summed E-state index contributed by atoms with van der Waals surface area (Å²) in [5.41, 5.74) is 0.407. The first-order valence-corrected chi connectivity index (χ1v) is 13.7. The van der Waals surface area contributed by atoms with E-state index in [2.05, 4.69) is 0 Å². The Morgan fingerprint density at radius 2 is 1.75 bits per heavy atom. The third-order valence-electron chi connectivity index (χ3n) is 5.66. The Morgan fingerprint density at radius 3 is 2.42 bits per heavy atom. The van der Waals surface area contributed by atoms with Crippen LogP contribution >= 0.6 is 23.4 Å². The second kappa shape index (κ2) is 10.9. The van der Waals surface area contributed by atoms with E-state index in [0.717, 1.165) is 35.9 Å². The number of thioether (sulfide) groups is 1. The van der Waals surface area contributed by atoms with E-state index in [4.69, 9.17) is 20.5 Å². The summed E-state index contributed by atoms with van der Waals surface area (Å²) < 4.78 is 36.0. The maximum absolute atomic E-state index is 12.9. The summed E-state index contributed by atoms with van der Waals surface area (Å²) in [6, 6.07) is 9.95. The predicted octanol–water partition coefficient (Wildman–Crippen LogP) is 4.17. The molecule has 9 nitrogen and oxygen atoms in total. The van der Waals surface area contributed by atoms with Gasteiger partial charge in [-0.1, -0.05) is 17.7 Å². The normalized spacial score (nSPS) is 17.6. The lowest BCUT2D eigenvalue weighted by molar-refractivity contribution is -0.136. The molecule has 0 aliphatic carbocycles. The molecule has 0 spiro atoms. The summed E-state index contributed by atoms with van der Waals surface area (Å²) >= 11 is 6.55. The average Bonchev–Trinajstić information content (AvgIpc) is 3.12. The van der Waals surface area contributed by atoms with Gasteiger partial charge in [-0.05, 0) is 79.1 Å². The van der Waals surface area contributed by atoms with Crippen LogP contribution in [0, 0.1) is 0 Å². The molecule has 2 aromatic carbocycles. The predicted molar refractivity (Wildman–Crippen MR) is 135 cm³/mol. The number of ether oxygens (including phenoxy) is 1. The first-order chi connectivity index (χ1) is 17.2. The van der Waals surface area contributed by atoms with Crippen LogP contribution in [0.1, 0.15) is 24.8 Å². The number of benzene rings is 2. The van der Waals surface area contributed by atoms with Crippen molar-refractivity contribution in [2.24, 2.45) is 0 Å². The Bertz CT molecular complexity index is 1320. The van der Waals surface area contributed by atoms with Gasteiger partial charge in [-0.2, -0.15) is 8.42 Å². The van der Waals surface area contributed by atoms with Crippen molar-refractivity contribution in [1.82, 2.24) is 9.80 Å². The van der Waals surface area contributed by atoms with Crippen molar-refractivity contribution in [3.8, 4) is 11.5 Å². The van der Waals surface area contributed by atoms with E-state index in [-0.39, 0.29) is 33.8 Å². The average molecular weight is 551 g/mol. The fourth-order valence-electron chi connectivity index (χ4n) is 3.78. The number of nitrogens with zero attached hydrogens (tertiary/aromatic N) is 2. The van der Waals surface area contributed by atoms with Crippen LogP contribution in [-0.2, 0) is 19.7 Å². The van der Waals surface area contributed by atoms with E-state index in [1.54, 1.807) is 11.0 Å². The van der Waals surface area contributed by atoms with Gasteiger partial charge in [0.15, 0.2) is 11.5 Å². The summed E-state index contributed by atoms with van der Waals surface area (Å²) in [4.78, 5) is 40.5. The van der Waals surface area contributed by atoms with Crippen LogP contribution in [0.2, 0.25) is 5.02 Å². The van der Waals surface area contributed by atoms with Crippen LogP contribution in [0.25, 0.3) is 6.08 Å². The number of amides is 3. The highest BCUT2D eigenvalue weighted by Gasteiger charge is 2.37. The molecule has 12 heteroatoms. The lowest BCUT2D eigenvalue weighted by Gasteiger charge is -2.27. The van der Waals surface area contributed by atoms with Crippen LogP contribution in [-0.4, -0.2) is 62.0 Å². The zero-order chi connectivity index (χ0) is 25.9. The molecule has 2 aliphatic rings. The number of likely N-dealkylation sites (tertiary alicyclic amines) is 1. The van der Waals surface area contributed by atoms with Crippen molar-refractivity contribution >= 4 is 56.6 Å². The molecule has 0 saturated carbocycles. The van der Waals surface area contributed by atoms with E-state index >= 15 is 0 Å². The smallest absolute Gasteiger partial charge is 0.339 e. The van der Waals surface area contributed by atoms with Gasteiger partial charge in [0.1, 0.15) is 11.4 Å². The topological polar surface area (TPSA) is 110 Å². The van der Waals surface area contributed by atoms with Crippen LogP contribution in [0.15, 0.2) is 52.3 Å². The molecule has 0 radical (unpaired) electrons. The Kier molecular flexibility index (Phi) is 7.91. The second-order valence-corrected chi connectivity index (χ2v) is 11.1. The Hall–Kier alpha value is -3.02. The van der Waals surface area contributed by atoms with E-state index in [1.165, 1.54) is 49.6 Å². The van der Waals surface area contributed by atoms with Crippen molar-refractivity contribution in [2.45, 2.75) is 24.2 Å². The van der Waals surface area contributed by atoms with Crippen molar-refractivity contribution < 1.29 is 31.7 Å². The number of hydrogen-bond acceptors (Lipinski definition) is 8. The van der Waals surface area contributed by atoms with Gasteiger partial charge in [-0.25, -0.2) is 0 Å². The number of hydrogen-bond donors (Lipinski definition) is 0. The van der Waals surface area contributed by atoms with Crippen LogP contribution < -0.4 is 8.92 Å². The quantitative estimate of drug-likeness (QED) is 0.373. The Labute approximate surface area is 218 Å². The third kappa shape index (κ3) is 5.85. The van der Waals surface area contributed by atoms with Crippen LogP contribution in [0.5, 0.6) is 11.5 Å². The van der Waals surface area contributed by atoms with Crippen molar-refractivity contribution in [3.05, 3.63) is 58.0 Å². The largest absolute Gasteiger partial charge is 0.493 e. The minimum Gasteiger partial charge on any atom is -0.493 e. The summed E-state index contributed by atoms with van der Waals surface area (Å²) in [5.74, 6) is -0.779. The molecular weight excluding hydrogens is 528 g/mol. The standard InChI is InChI=1S/C24H23ClN2O7S2/c1-33-19-10-5-16(13-20(19)34-36(31,32)18-8-6-17(25)7-9-18)14-21-23(29)27(24(30)35-21)15-22(28)26-11-3-2-4-12-26/h5-10,13-14H,2-4,11-12,15H2,1H3/b21-14-. The number of carbonyl (C=O) groups excluding carboxylic acids is 3. The molecule has 2 aromatic rings. The lowest BCUT2D eigenvalue weighted by atomic mass is 10.1. The van der Waals surface area contributed by atoms with E-state index in [0.29, 0.717) is 23.7 Å². The molecule has 2 fully saturated rings. The molecule has 4 rings (SSSR count). The Balaban J connectivity index is 1.54. The third-order valence-corrected chi connectivity index (χ3v) is 8.07. The first-order valence-electron chi connectivity index (χ1n) is 11.1. The highest BCUT2D eigenvalue weighted by Crippen LogP contribution is 2.35. The van der Waals surface area contributed by atoms with E-state index in [9.17, 15) is 22.8 Å². The molecule has 0 aromatic heterocycles. The number of rotatable bonds is 7. The van der Waals surface area contributed by atoms with Gasteiger partial charge in [0, 0.05) is 18.1 Å². The van der Waals surface area contributed by atoms with E-state index < -0.39 is 21.3 Å². The van der Waals surface area contributed by atoms with E-state index in [1.807, 2.05) is 0 Å². The van der Waals surface area contributed by atoms with Crippen molar-refractivity contribution in [3.63, 3.8) is 0 Å². The summed E-state index contributed by atoms with van der Waals surface area (Å²) in [7, 11) is -2.83. The van der Waals surface area contributed by atoms with Crippen LogP contribution in [0.4, 0.5) is 4.79 Å². The minimum absolute atomic E-state index is 0.0966. The summed E-state index contributed by atoms with van der Waals surface area (Å²) in [6.07, 6.45) is 4.31. The number of methoxy groups -OCH3 is 1. The number of imide groups is 1. The highest BCUT2D eigenvalue weighted by atomic mass is 35.5. The van der Waals surface area contributed by atoms with Crippen molar-refractivity contribution in [1.29, 1.82) is 0 Å². The van der Waals surface area contributed by atoms with Gasteiger partial charge < -0.3 is 13.8 Å². The molecule has 2 saturated heterocycles. The zero-order valence-electron chi connectivity index (χ0n) is 19.3. The number of halogens is 1. The maximum atomic E-state index is 12.9. The van der Waals surface area contributed by atoms with Gasteiger partial charge in [0.2, 0.25) is 5.91 Å². The van der Waals surface area contributed by atoms with Crippen molar-refractivity contribution in [2.75, 3.05) is 26.7 Å². The fraction of sp³-hybridized carbons (Fsp3) is 0.292. The molecule has 36 heavy (non-hydrogen) atoms. The summed E-state index contributed by atoms with van der Waals surface area (Å²) in [6.45, 7) is 0.940. The Morgan fingerprint density at radius 1 is 1.06 bits per heavy atom. The van der Waals surface area contributed by atoms with Gasteiger partial charge in [0.25, 0.3) is 11.1 Å². The monoisotopic (exact) mass is 550 g/mol. The van der Waals surface area contributed by atoms with Gasteiger partial charge in [-0.15, -0.1) is 0 Å². The van der Waals surface area contributed by atoms with Gasteiger partial charge >= 0.3 is 10.1 Å². The minimum atomic E-state index is -4.20. The number of carbonyl (C=O) groups is 3. The highest BCUT2D eigenvalue weighted by molar-refractivity contribution is 8.18. The molecular formula is C24H23ClN2O7S2. The second-order valence-electron chi connectivity index (χ2n) is 8.11. The molecule has 0 N–H and O–H groups in total. The lowest BCUT2D eigenvalue weighted by Crippen LogP contribution is -2.44. The number of piperidine rings is 1. The zero-order valence-corrected chi connectivity index (χ0v) is 21.7. The molecule has 0 unspecified atom stereocenters. The fourth-order valence-corrected chi connectivity index (χ4v) is 5.68. The van der Waals surface area contributed by atoms with Crippen LogP contribution in [0.3, 0.4) is 0 Å². The molecule has 0 bridgehead atoms. The van der Waals surface area contributed by atoms with Gasteiger partial charge in [0.05, 0.1) is 12.0 Å². The molecule has 3 amide bonds. The first kappa shape index (κ1) is 26.1. The molecule has 0 atom stereocenters. The summed E-state index contributed by atoms with van der Waals surface area (Å²) in [5, 5.41) is -0.160. The molecule has 190 valence electrons. The van der Waals surface area contributed by atoms with Gasteiger partial charge in [-0.3, -0.25) is 19.3 Å².